The average Bonchev–Trinajstić information content (AvgIpc) is 3.10. The summed E-state index contributed by atoms with van der Waals surface area (Å²) in [4.78, 5) is 42.7. The molecule has 1 saturated carbocycles. The quantitative estimate of drug-likeness (QED) is 0.483. The minimum Gasteiger partial charge on any atom is -0.344 e. The summed E-state index contributed by atoms with van der Waals surface area (Å²) in [5, 5.41) is 6.23. The van der Waals surface area contributed by atoms with Crippen LogP contribution in [0.2, 0.25) is 0 Å². The molecule has 2 N–H and O–H groups in total. The van der Waals surface area contributed by atoms with Crippen LogP contribution in [-0.2, 0) is 33.8 Å². The van der Waals surface area contributed by atoms with E-state index in [0.717, 1.165) is 50.8 Å². The Morgan fingerprint density at radius 2 is 1.58 bits per heavy atom. The van der Waals surface area contributed by atoms with Gasteiger partial charge < -0.3 is 10.6 Å². The normalized spacial score (nSPS) is 18.2. The van der Waals surface area contributed by atoms with Crippen molar-refractivity contribution < 1.29 is 14.4 Å². The zero-order valence-electron chi connectivity index (χ0n) is 23.0. The first-order valence-electron chi connectivity index (χ1n) is 14.3. The van der Waals surface area contributed by atoms with Crippen molar-refractivity contribution in [3.8, 4) is 0 Å². The Bertz CT molecular complexity index is 1090. The zero-order valence-corrected chi connectivity index (χ0v) is 23.0. The Balaban J connectivity index is 1.44. The van der Waals surface area contributed by atoms with Gasteiger partial charge in [0.25, 0.3) is 0 Å². The van der Waals surface area contributed by atoms with E-state index in [1.807, 2.05) is 30.3 Å². The van der Waals surface area contributed by atoms with Crippen LogP contribution in [0, 0.1) is 5.92 Å². The van der Waals surface area contributed by atoms with E-state index in [4.69, 9.17) is 0 Å². The number of carbonyl (C=O) groups is 3. The van der Waals surface area contributed by atoms with E-state index in [1.165, 1.54) is 11.1 Å². The first-order chi connectivity index (χ1) is 18.3. The van der Waals surface area contributed by atoms with Gasteiger partial charge in [0.1, 0.15) is 5.54 Å². The zero-order chi connectivity index (χ0) is 27.0. The molecule has 2 amide bonds. The van der Waals surface area contributed by atoms with Crippen LogP contribution in [-0.4, -0.2) is 47.2 Å². The lowest BCUT2D eigenvalue weighted by atomic mass is 9.80. The van der Waals surface area contributed by atoms with Gasteiger partial charge in [-0.1, -0.05) is 87.7 Å². The SMILES string of the molecule is CC(C)C[C@H](NC(=O)C1(NC(=O)Cc2ccccc2)CCCCC1)C(=O)CN1CCCc2ccccc2C1. The molecule has 2 aromatic rings. The van der Waals surface area contributed by atoms with Crippen LogP contribution in [0.4, 0.5) is 0 Å². The van der Waals surface area contributed by atoms with Crippen LogP contribution in [0.15, 0.2) is 54.6 Å². The topological polar surface area (TPSA) is 78.5 Å². The molecule has 2 aromatic carbocycles. The third-order valence-electron chi connectivity index (χ3n) is 7.94. The number of nitrogens with one attached hydrogen (secondary N) is 2. The molecule has 0 saturated heterocycles. The second kappa shape index (κ2) is 13.2. The van der Waals surface area contributed by atoms with Crippen molar-refractivity contribution in [2.45, 2.75) is 89.8 Å². The summed E-state index contributed by atoms with van der Waals surface area (Å²) in [7, 11) is 0. The minimum atomic E-state index is -0.957. The third-order valence-corrected chi connectivity index (χ3v) is 7.94. The van der Waals surface area contributed by atoms with E-state index in [-0.39, 0.29) is 29.9 Å². The van der Waals surface area contributed by atoms with Crippen LogP contribution in [0.5, 0.6) is 0 Å². The fourth-order valence-electron chi connectivity index (χ4n) is 5.93. The van der Waals surface area contributed by atoms with E-state index in [1.54, 1.807) is 0 Å². The molecule has 1 fully saturated rings. The summed E-state index contributed by atoms with van der Waals surface area (Å²) >= 11 is 0. The van der Waals surface area contributed by atoms with E-state index >= 15 is 0 Å². The van der Waals surface area contributed by atoms with Crippen LogP contribution < -0.4 is 10.6 Å². The second-order valence-corrected chi connectivity index (χ2v) is 11.6. The molecule has 2 aliphatic rings. The Morgan fingerprint density at radius 3 is 2.29 bits per heavy atom. The molecule has 6 nitrogen and oxygen atoms in total. The molecule has 1 atom stereocenters. The van der Waals surface area contributed by atoms with Gasteiger partial charge in [-0.2, -0.15) is 0 Å². The minimum absolute atomic E-state index is 0.0491. The maximum absolute atomic E-state index is 13.8. The molecule has 1 aliphatic carbocycles. The van der Waals surface area contributed by atoms with Crippen molar-refractivity contribution >= 4 is 17.6 Å². The molecule has 38 heavy (non-hydrogen) atoms. The van der Waals surface area contributed by atoms with Gasteiger partial charge in [-0.3, -0.25) is 19.3 Å². The van der Waals surface area contributed by atoms with Gasteiger partial charge in [0.05, 0.1) is 19.0 Å². The highest BCUT2D eigenvalue weighted by Gasteiger charge is 2.42. The molecule has 204 valence electrons. The predicted molar refractivity (Wildman–Crippen MR) is 151 cm³/mol. The molecule has 1 heterocycles. The summed E-state index contributed by atoms with van der Waals surface area (Å²) in [5.74, 6) is -0.0564. The fraction of sp³-hybridized carbons (Fsp3) is 0.531. The molecular weight excluding hydrogens is 474 g/mol. The molecule has 4 rings (SSSR count). The van der Waals surface area contributed by atoms with E-state index < -0.39 is 11.6 Å². The van der Waals surface area contributed by atoms with Crippen LogP contribution in [0.1, 0.15) is 75.5 Å². The van der Waals surface area contributed by atoms with Crippen LogP contribution in [0.3, 0.4) is 0 Å². The molecule has 0 spiro atoms. The van der Waals surface area contributed by atoms with Crippen LogP contribution in [0.25, 0.3) is 0 Å². The monoisotopic (exact) mass is 517 g/mol. The number of ketones is 1. The molecule has 1 aliphatic heterocycles. The number of benzene rings is 2. The molecule has 0 bridgehead atoms. The molecule has 0 unspecified atom stereocenters. The Hall–Kier alpha value is -2.99. The van der Waals surface area contributed by atoms with Crippen molar-refractivity contribution in [2.75, 3.05) is 13.1 Å². The number of hydrogen-bond acceptors (Lipinski definition) is 4. The Labute approximate surface area is 227 Å². The molecule has 6 heteroatoms. The second-order valence-electron chi connectivity index (χ2n) is 11.6. The van der Waals surface area contributed by atoms with E-state index in [0.29, 0.717) is 25.8 Å². The summed E-state index contributed by atoms with van der Waals surface area (Å²) < 4.78 is 0. The number of aryl methyl sites for hydroxylation is 1. The van der Waals surface area contributed by atoms with Crippen molar-refractivity contribution in [2.24, 2.45) is 5.92 Å². The van der Waals surface area contributed by atoms with Gasteiger partial charge in [-0.15, -0.1) is 0 Å². The number of carbonyl (C=O) groups excluding carboxylic acids is 3. The molecular formula is C32H43N3O3. The van der Waals surface area contributed by atoms with Crippen LogP contribution >= 0.6 is 0 Å². The predicted octanol–water partition coefficient (Wildman–Crippen LogP) is 4.60. The highest BCUT2D eigenvalue weighted by atomic mass is 16.2. The number of Topliss-reactive ketones (excluding diaryl/α,β-unsaturated/α-hetero) is 1. The first-order valence-corrected chi connectivity index (χ1v) is 14.3. The van der Waals surface area contributed by atoms with Gasteiger partial charge in [0.2, 0.25) is 11.8 Å². The summed E-state index contributed by atoms with van der Waals surface area (Å²) in [6.07, 6.45) is 6.89. The third kappa shape index (κ3) is 7.53. The molecule has 0 radical (unpaired) electrons. The largest absolute Gasteiger partial charge is 0.344 e. The number of fused-ring (bicyclic) bond motifs is 1. The summed E-state index contributed by atoms with van der Waals surface area (Å²) in [5.41, 5.74) is 2.61. The first kappa shape index (κ1) is 28.0. The van der Waals surface area contributed by atoms with E-state index in [2.05, 4.69) is 53.6 Å². The Kier molecular flexibility index (Phi) is 9.73. The highest BCUT2D eigenvalue weighted by Crippen LogP contribution is 2.29. The van der Waals surface area contributed by atoms with Gasteiger partial charge >= 0.3 is 0 Å². The Morgan fingerprint density at radius 1 is 0.895 bits per heavy atom. The van der Waals surface area contributed by atoms with Gasteiger partial charge in [-0.25, -0.2) is 0 Å². The van der Waals surface area contributed by atoms with Crippen molar-refractivity contribution in [1.29, 1.82) is 0 Å². The summed E-state index contributed by atoms with van der Waals surface area (Å²) in [6, 6.07) is 17.5. The lowest BCUT2D eigenvalue weighted by Crippen LogP contribution is -2.62. The molecule has 0 aromatic heterocycles. The number of amides is 2. The number of rotatable bonds is 10. The van der Waals surface area contributed by atoms with Crippen molar-refractivity contribution in [3.05, 3.63) is 71.3 Å². The smallest absolute Gasteiger partial charge is 0.246 e. The maximum atomic E-state index is 13.8. The lowest BCUT2D eigenvalue weighted by Gasteiger charge is -2.38. The van der Waals surface area contributed by atoms with Gasteiger partial charge in [-0.05, 0) is 61.3 Å². The maximum Gasteiger partial charge on any atom is 0.246 e. The lowest BCUT2D eigenvalue weighted by molar-refractivity contribution is -0.137. The average molecular weight is 518 g/mol. The van der Waals surface area contributed by atoms with Crippen molar-refractivity contribution in [1.82, 2.24) is 15.5 Å². The fourth-order valence-corrected chi connectivity index (χ4v) is 5.93. The number of hydrogen-bond donors (Lipinski definition) is 2. The van der Waals surface area contributed by atoms with Gasteiger partial charge in [0, 0.05) is 6.54 Å². The number of nitrogens with zero attached hydrogens (tertiary/aromatic N) is 1. The van der Waals surface area contributed by atoms with Gasteiger partial charge in [0.15, 0.2) is 5.78 Å². The van der Waals surface area contributed by atoms with Crippen molar-refractivity contribution in [3.63, 3.8) is 0 Å². The highest BCUT2D eigenvalue weighted by molar-refractivity contribution is 5.96. The summed E-state index contributed by atoms with van der Waals surface area (Å²) in [6.45, 7) is 6.09. The standard InChI is InChI=1S/C32H43N3O3/c1-24(2)20-28(29(36)23-35-19-11-16-26-14-7-8-15-27(26)22-35)33-31(38)32(17-9-4-10-18-32)34-30(37)21-25-12-5-3-6-13-25/h3,5-8,12-15,24,28H,4,9-11,16-23H2,1-2H3,(H,33,38)(H,34,37)/t28-/m0/s1. The van der Waals surface area contributed by atoms with E-state index in [9.17, 15) is 14.4 Å².